The zero-order valence-corrected chi connectivity index (χ0v) is 14.3. The summed E-state index contributed by atoms with van der Waals surface area (Å²) < 4.78 is 27.3. The molecule has 7 heteroatoms. The third-order valence-corrected chi connectivity index (χ3v) is 6.88. The Balaban J connectivity index is 1.82. The van der Waals surface area contributed by atoms with Crippen LogP contribution in [0.2, 0.25) is 0 Å². The zero-order valence-electron chi connectivity index (χ0n) is 12.7. The average Bonchev–Trinajstić information content (AvgIpc) is 2.62. The van der Waals surface area contributed by atoms with Crippen molar-refractivity contribution in [2.75, 3.05) is 26.2 Å². The zero-order chi connectivity index (χ0) is 16.1. The summed E-state index contributed by atoms with van der Waals surface area (Å²) in [5.41, 5.74) is 1.17. The Bertz CT molecular complexity index is 745. The molecule has 23 heavy (non-hydrogen) atoms. The fraction of sp³-hybridized carbons (Fsp3) is 0.312. The molecule has 2 heterocycles. The second-order valence-electron chi connectivity index (χ2n) is 5.25. The van der Waals surface area contributed by atoms with Crippen LogP contribution in [0.1, 0.15) is 5.56 Å². The minimum Gasteiger partial charge on any atom is -0.314 e. The summed E-state index contributed by atoms with van der Waals surface area (Å²) in [5, 5.41) is 3.17. The molecule has 0 bridgehead atoms. The molecule has 1 saturated heterocycles. The molecule has 0 saturated carbocycles. The lowest BCUT2D eigenvalue weighted by atomic mass is 10.2. The molecule has 0 spiro atoms. The molecule has 3 rings (SSSR count). The maximum absolute atomic E-state index is 12.9. The summed E-state index contributed by atoms with van der Waals surface area (Å²) in [6, 6.07) is 11.8. The molecule has 0 amide bonds. The summed E-state index contributed by atoms with van der Waals surface area (Å²) in [7, 11) is -3.49. The van der Waals surface area contributed by atoms with Gasteiger partial charge < -0.3 is 5.32 Å². The van der Waals surface area contributed by atoms with E-state index in [4.69, 9.17) is 0 Å². The standard InChI is InChI=1S/C16H19N3O2S2/c20-23(21,19-10-8-17-9-11-19)16-12-18-7-6-15(16)22-13-14-4-2-1-3-5-14/h1-7,12,17H,8-11,13H2. The topological polar surface area (TPSA) is 62.3 Å². The van der Waals surface area contributed by atoms with Crippen LogP contribution in [0.5, 0.6) is 0 Å². The fourth-order valence-electron chi connectivity index (χ4n) is 2.44. The molecule has 0 aliphatic carbocycles. The molecule has 1 aliphatic heterocycles. The van der Waals surface area contributed by atoms with E-state index in [1.165, 1.54) is 27.8 Å². The van der Waals surface area contributed by atoms with Gasteiger partial charge in [-0.25, -0.2) is 8.42 Å². The van der Waals surface area contributed by atoms with Crippen LogP contribution in [0.4, 0.5) is 0 Å². The number of sulfonamides is 1. The lowest BCUT2D eigenvalue weighted by Crippen LogP contribution is -2.46. The monoisotopic (exact) mass is 349 g/mol. The molecular formula is C16H19N3O2S2. The van der Waals surface area contributed by atoms with Crippen LogP contribution >= 0.6 is 11.8 Å². The van der Waals surface area contributed by atoms with E-state index in [2.05, 4.69) is 10.3 Å². The Morgan fingerprint density at radius 3 is 2.61 bits per heavy atom. The summed E-state index contributed by atoms with van der Waals surface area (Å²) in [5.74, 6) is 0.731. The molecule has 5 nitrogen and oxygen atoms in total. The smallest absolute Gasteiger partial charge is 0.245 e. The van der Waals surface area contributed by atoms with Gasteiger partial charge in [0.15, 0.2) is 0 Å². The highest BCUT2D eigenvalue weighted by Crippen LogP contribution is 2.30. The fourth-order valence-corrected chi connectivity index (χ4v) is 5.26. The maximum Gasteiger partial charge on any atom is 0.245 e. The normalized spacial score (nSPS) is 16.3. The molecule has 1 N–H and O–H groups in total. The number of hydrogen-bond donors (Lipinski definition) is 1. The van der Waals surface area contributed by atoms with Crippen molar-refractivity contribution in [3.05, 3.63) is 54.4 Å². The van der Waals surface area contributed by atoms with Gasteiger partial charge in [0.2, 0.25) is 10.0 Å². The highest BCUT2D eigenvalue weighted by atomic mass is 32.2. The van der Waals surface area contributed by atoms with Crippen molar-refractivity contribution < 1.29 is 8.42 Å². The molecular weight excluding hydrogens is 330 g/mol. The van der Waals surface area contributed by atoms with E-state index in [9.17, 15) is 8.42 Å². The quantitative estimate of drug-likeness (QED) is 0.836. The first-order chi connectivity index (χ1) is 11.2. The number of piperazine rings is 1. The molecule has 0 unspecified atom stereocenters. The van der Waals surface area contributed by atoms with Crippen LogP contribution in [-0.2, 0) is 15.8 Å². The van der Waals surface area contributed by atoms with Crippen LogP contribution in [0.3, 0.4) is 0 Å². The molecule has 2 aromatic rings. The van der Waals surface area contributed by atoms with E-state index < -0.39 is 10.0 Å². The van der Waals surface area contributed by atoms with Crippen LogP contribution in [0.25, 0.3) is 0 Å². The van der Waals surface area contributed by atoms with Gasteiger partial charge >= 0.3 is 0 Å². The molecule has 1 fully saturated rings. The first kappa shape index (κ1) is 16.4. The highest BCUT2D eigenvalue weighted by molar-refractivity contribution is 7.99. The summed E-state index contributed by atoms with van der Waals surface area (Å²) in [4.78, 5) is 5.09. The lowest BCUT2D eigenvalue weighted by Gasteiger charge is -2.27. The Labute approximate surface area is 141 Å². The van der Waals surface area contributed by atoms with Crippen LogP contribution in [-0.4, -0.2) is 43.9 Å². The average molecular weight is 349 g/mol. The van der Waals surface area contributed by atoms with E-state index >= 15 is 0 Å². The van der Waals surface area contributed by atoms with Gasteiger partial charge in [-0.2, -0.15) is 4.31 Å². The van der Waals surface area contributed by atoms with E-state index in [0.29, 0.717) is 31.1 Å². The second kappa shape index (κ2) is 7.44. The molecule has 1 aromatic heterocycles. The summed E-state index contributed by atoms with van der Waals surface area (Å²) >= 11 is 1.53. The predicted molar refractivity (Wildman–Crippen MR) is 91.9 cm³/mol. The van der Waals surface area contributed by atoms with Gasteiger partial charge in [-0.3, -0.25) is 4.98 Å². The Hall–Kier alpha value is -1.41. The molecule has 0 atom stereocenters. The van der Waals surface area contributed by atoms with Crippen LogP contribution < -0.4 is 5.32 Å². The number of nitrogens with zero attached hydrogens (tertiary/aromatic N) is 2. The highest BCUT2D eigenvalue weighted by Gasteiger charge is 2.28. The van der Waals surface area contributed by atoms with Gasteiger partial charge in [0.1, 0.15) is 4.90 Å². The summed E-state index contributed by atoms with van der Waals surface area (Å²) in [6.45, 7) is 2.37. The minimum absolute atomic E-state index is 0.308. The van der Waals surface area contributed by atoms with Gasteiger partial charge in [0, 0.05) is 49.2 Å². The third-order valence-electron chi connectivity index (χ3n) is 3.68. The van der Waals surface area contributed by atoms with Crippen molar-refractivity contribution in [3.8, 4) is 0 Å². The first-order valence-electron chi connectivity index (χ1n) is 7.49. The Kier molecular flexibility index (Phi) is 5.32. The Morgan fingerprint density at radius 2 is 1.87 bits per heavy atom. The van der Waals surface area contributed by atoms with Crippen molar-refractivity contribution in [2.24, 2.45) is 0 Å². The van der Waals surface area contributed by atoms with Crippen molar-refractivity contribution in [1.82, 2.24) is 14.6 Å². The largest absolute Gasteiger partial charge is 0.314 e. The lowest BCUT2D eigenvalue weighted by molar-refractivity contribution is 0.359. The number of hydrogen-bond acceptors (Lipinski definition) is 5. The number of pyridine rings is 1. The van der Waals surface area contributed by atoms with Crippen LogP contribution in [0.15, 0.2) is 58.6 Å². The van der Waals surface area contributed by atoms with Crippen molar-refractivity contribution >= 4 is 21.8 Å². The van der Waals surface area contributed by atoms with Gasteiger partial charge in [0.25, 0.3) is 0 Å². The predicted octanol–water partition coefficient (Wildman–Crippen LogP) is 1.97. The number of thioether (sulfide) groups is 1. The SMILES string of the molecule is O=S(=O)(c1cnccc1SCc1ccccc1)N1CCNCC1. The van der Waals surface area contributed by atoms with E-state index in [1.54, 1.807) is 12.3 Å². The van der Waals surface area contributed by atoms with Gasteiger partial charge in [-0.05, 0) is 11.6 Å². The van der Waals surface area contributed by atoms with Crippen molar-refractivity contribution in [3.63, 3.8) is 0 Å². The maximum atomic E-state index is 12.9. The van der Waals surface area contributed by atoms with E-state index in [1.807, 2.05) is 30.3 Å². The Morgan fingerprint density at radius 1 is 1.13 bits per heavy atom. The van der Waals surface area contributed by atoms with Crippen LogP contribution in [0, 0.1) is 0 Å². The molecule has 0 radical (unpaired) electrons. The van der Waals surface area contributed by atoms with Gasteiger partial charge in [0.05, 0.1) is 0 Å². The van der Waals surface area contributed by atoms with Gasteiger partial charge in [-0.1, -0.05) is 30.3 Å². The number of nitrogens with one attached hydrogen (secondary N) is 1. The molecule has 1 aromatic carbocycles. The minimum atomic E-state index is -3.49. The van der Waals surface area contributed by atoms with E-state index in [0.717, 1.165) is 10.6 Å². The third kappa shape index (κ3) is 3.92. The van der Waals surface area contributed by atoms with Crippen molar-refractivity contribution in [1.29, 1.82) is 0 Å². The second-order valence-corrected chi connectivity index (χ2v) is 8.17. The first-order valence-corrected chi connectivity index (χ1v) is 9.92. The number of rotatable bonds is 5. The number of aromatic nitrogens is 1. The van der Waals surface area contributed by atoms with Gasteiger partial charge in [-0.15, -0.1) is 11.8 Å². The number of benzene rings is 1. The summed E-state index contributed by atoms with van der Waals surface area (Å²) in [6.07, 6.45) is 3.11. The molecule has 1 aliphatic rings. The molecule has 122 valence electrons. The van der Waals surface area contributed by atoms with E-state index in [-0.39, 0.29) is 0 Å². The van der Waals surface area contributed by atoms with Crippen molar-refractivity contribution in [2.45, 2.75) is 15.5 Å².